The first-order valence-corrected chi connectivity index (χ1v) is 8.60. The minimum atomic E-state index is -0.521. The van der Waals surface area contributed by atoms with Gasteiger partial charge in [0.25, 0.3) is 0 Å². The van der Waals surface area contributed by atoms with Gasteiger partial charge in [-0.1, -0.05) is 30.3 Å². The zero-order valence-corrected chi connectivity index (χ0v) is 14.8. The lowest BCUT2D eigenvalue weighted by molar-refractivity contribution is -0.122. The second kappa shape index (κ2) is 13.2. The average Bonchev–Trinajstić information content (AvgIpc) is 2.63. The molecule has 25 heavy (non-hydrogen) atoms. The van der Waals surface area contributed by atoms with Gasteiger partial charge in [-0.25, -0.2) is 4.79 Å². The Balaban J connectivity index is 2.01. The van der Waals surface area contributed by atoms with E-state index in [1.165, 1.54) is 0 Å². The molecule has 1 aromatic carbocycles. The number of unbranched alkanes of at least 4 members (excludes halogenated alkanes) is 1. The predicted molar refractivity (Wildman–Crippen MR) is 96.0 cm³/mol. The Bertz CT molecular complexity index is 496. The Hall–Kier alpha value is -2.12. The molecule has 0 heterocycles. The van der Waals surface area contributed by atoms with Gasteiger partial charge in [0.15, 0.2) is 0 Å². The second-order valence-electron chi connectivity index (χ2n) is 5.73. The van der Waals surface area contributed by atoms with Crippen molar-refractivity contribution in [2.45, 2.75) is 38.3 Å². The SMILES string of the molecule is COCCCNC(=O)C(N)CCCCNC(=O)OCc1ccccc1. The molecule has 0 aliphatic carbocycles. The molecule has 0 bridgehead atoms. The Morgan fingerprint density at radius 3 is 2.52 bits per heavy atom. The normalized spacial score (nSPS) is 11.6. The second-order valence-corrected chi connectivity index (χ2v) is 5.73. The number of hydrogen-bond donors (Lipinski definition) is 3. The Morgan fingerprint density at radius 2 is 1.80 bits per heavy atom. The summed E-state index contributed by atoms with van der Waals surface area (Å²) in [7, 11) is 1.62. The van der Waals surface area contributed by atoms with Gasteiger partial charge in [-0.05, 0) is 31.2 Å². The van der Waals surface area contributed by atoms with Crippen molar-refractivity contribution >= 4 is 12.0 Å². The van der Waals surface area contributed by atoms with Crippen molar-refractivity contribution in [3.05, 3.63) is 35.9 Å². The standard InChI is InChI=1S/C18H29N3O4/c1-24-13-7-12-20-17(22)16(19)10-5-6-11-21-18(23)25-14-15-8-3-2-4-9-15/h2-4,8-9,16H,5-7,10-14,19H2,1H3,(H,20,22)(H,21,23). The molecule has 0 radical (unpaired) electrons. The zero-order valence-electron chi connectivity index (χ0n) is 14.8. The number of hydrogen-bond acceptors (Lipinski definition) is 5. The van der Waals surface area contributed by atoms with Crippen LogP contribution >= 0.6 is 0 Å². The van der Waals surface area contributed by atoms with Gasteiger partial charge in [-0.3, -0.25) is 4.79 Å². The van der Waals surface area contributed by atoms with Crippen LogP contribution in [0.4, 0.5) is 4.79 Å². The van der Waals surface area contributed by atoms with Crippen LogP contribution < -0.4 is 16.4 Å². The van der Waals surface area contributed by atoms with Crippen LogP contribution in [-0.4, -0.2) is 44.8 Å². The Morgan fingerprint density at radius 1 is 1.08 bits per heavy atom. The van der Waals surface area contributed by atoms with Crippen LogP contribution in [0.3, 0.4) is 0 Å². The number of methoxy groups -OCH3 is 1. The van der Waals surface area contributed by atoms with Crippen LogP contribution in [0.1, 0.15) is 31.2 Å². The molecule has 0 fully saturated rings. The summed E-state index contributed by atoms with van der Waals surface area (Å²) in [5, 5.41) is 5.46. The predicted octanol–water partition coefficient (Wildman–Crippen LogP) is 1.56. The summed E-state index contributed by atoms with van der Waals surface area (Å²) in [4.78, 5) is 23.3. The maximum Gasteiger partial charge on any atom is 0.407 e. The van der Waals surface area contributed by atoms with E-state index in [0.717, 1.165) is 24.8 Å². The summed E-state index contributed by atoms with van der Waals surface area (Å²) in [5.41, 5.74) is 6.78. The molecule has 7 nitrogen and oxygen atoms in total. The van der Waals surface area contributed by atoms with Gasteiger partial charge in [0.1, 0.15) is 6.61 Å². The molecule has 0 saturated carbocycles. The topological polar surface area (TPSA) is 103 Å². The first-order valence-electron chi connectivity index (χ1n) is 8.60. The van der Waals surface area contributed by atoms with Crippen LogP contribution in [0.25, 0.3) is 0 Å². The first-order chi connectivity index (χ1) is 12.1. The maximum absolute atomic E-state index is 11.7. The van der Waals surface area contributed by atoms with E-state index in [9.17, 15) is 9.59 Å². The van der Waals surface area contributed by atoms with E-state index in [-0.39, 0.29) is 12.5 Å². The lowest BCUT2D eigenvalue weighted by Crippen LogP contribution is -2.41. The third-order valence-electron chi connectivity index (χ3n) is 3.59. The van der Waals surface area contributed by atoms with Crippen molar-refractivity contribution in [1.82, 2.24) is 10.6 Å². The smallest absolute Gasteiger partial charge is 0.407 e. The molecular formula is C18H29N3O4. The molecule has 1 atom stereocenters. The number of ether oxygens (including phenoxy) is 2. The highest BCUT2D eigenvalue weighted by Crippen LogP contribution is 2.01. The number of carbonyl (C=O) groups excluding carboxylic acids is 2. The number of rotatable bonds is 12. The minimum absolute atomic E-state index is 0.147. The monoisotopic (exact) mass is 351 g/mol. The summed E-state index contributed by atoms with van der Waals surface area (Å²) >= 11 is 0. The van der Waals surface area contributed by atoms with E-state index < -0.39 is 12.1 Å². The molecule has 140 valence electrons. The molecule has 7 heteroatoms. The van der Waals surface area contributed by atoms with Crippen molar-refractivity contribution in [1.29, 1.82) is 0 Å². The summed E-state index contributed by atoms with van der Waals surface area (Å²) in [6.07, 6.45) is 2.40. The van der Waals surface area contributed by atoms with E-state index in [2.05, 4.69) is 10.6 Å². The van der Waals surface area contributed by atoms with Crippen molar-refractivity contribution in [3.8, 4) is 0 Å². The zero-order chi connectivity index (χ0) is 18.3. The number of amides is 2. The lowest BCUT2D eigenvalue weighted by atomic mass is 10.1. The number of nitrogens with two attached hydrogens (primary N) is 1. The van der Waals surface area contributed by atoms with Crippen LogP contribution in [0.5, 0.6) is 0 Å². The summed E-state index contributed by atoms with van der Waals surface area (Å²) < 4.78 is 10.0. The van der Waals surface area contributed by atoms with Crippen LogP contribution in [0.15, 0.2) is 30.3 Å². The lowest BCUT2D eigenvalue weighted by Gasteiger charge is -2.12. The van der Waals surface area contributed by atoms with Gasteiger partial charge in [0, 0.05) is 26.8 Å². The molecule has 4 N–H and O–H groups in total. The van der Waals surface area contributed by atoms with E-state index in [0.29, 0.717) is 26.1 Å². The van der Waals surface area contributed by atoms with Gasteiger partial charge in [-0.15, -0.1) is 0 Å². The van der Waals surface area contributed by atoms with E-state index in [4.69, 9.17) is 15.2 Å². The molecule has 1 rings (SSSR count). The fraction of sp³-hybridized carbons (Fsp3) is 0.556. The van der Waals surface area contributed by atoms with Crippen LogP contribution in [-0.2, 0) is 20.9 Å². The molecule has 2 amide bonds. The largest absolute Gasteiger partial charge is 0.445 e. The highest BCUT2D eigenvalue weighted by Gasteiger charge is 2.12. The first kappa shape index (κ1) is 20.9. The Kier molecular flexibility index (Phi) is 11.0. The van der Waals surface area contributed by atoms with Crippen molar-refractivity contribution < 1.29 is 19.1 Å². The molecule has 0 aliphatic rings. The molecule has 1 unspecified atom stereocenters. The number of alkyl carbamates (subject to hydrolysis) is 1. The summed E-state index contributed by atoms with van der Waals surface area (Å²) in [6.45, 7) is 1.92. The van der Waals surface area contributed by atoms with Crippen LogP contribution in [0, 0.1) is 0 Å². The number of benzene rings is 1. The molecule has 1 aromatic rings. The quantitative estimate of drug-likeness (QED) is 0.496. The third-order valence-corrected chi connectivity index (χ3v) is 3.59. The van der Waals surface area contributed by atoms with Gasteiger partial charge < -0.3 is 25.8 Å². The number of carbonyl (C=O) groups is 2. The van der Waals surface area contributed by atoms with Crippen molar-refractivity contribution in [3.63, 3.8) is 0 Å². The summed E-state index contributed by atoms with van der Waals surface area (Å²) in [6, 6.07) is 8.98. The van der Waals surface area contributed by atoms with E-state index in [1.54, 1.807) is 7.11 Å². The highest BCUT2D eigenvalue weighted by molar-refractivity contribution is 5.81. The van der Waals surface area contributed by atoms with Gasteiger partial charge in [0.2, 0.25) is 5.91 Å². The maximum atomic E-state index is 11.7. The molecule has 0 spiro atoms. The third kappa shape index (κ3) is 10.4. The molecule has 0 saturated heterocycles. The van der Waals surface area contributed by atoms with Crippen molar-refractivity contribution in [2.75, 3.05) is 26.8 Å². The van der Waals surface area contributed by atoms with Gasteiger partial charge in [-0.2, -0.15) is 0 Å². The Labute approximate surface area is 149 Å². The van der Waals surface area contributed by atoms with Crippen LogP contribution in [0.2, 0.25) is 0 Å². The van der Waals surface area contributed by atoms with Gasteiger partial charge >= 0.3 is 6.09 Å². The molecular weight excluding hydrogens is 322 g/mol. The average molecular weight is 351 g/mol. The fourth-order valence-electron chi connectivity index (χ4n) is 2.14. The van der Waals surface area contributed by atoms with E-state index in [1.807, 2.05) is 30.3 Å². The van der Waals surface area contributed by atoms with Gasteiger partial charge in [0.05, 0.1) is 6.04 Å². The molecule has 0 aromatic heterocycles. The fourth-order valence-corrected chi connectivity index (χ4v) is 2.14. The van der Waals surface area contributed by atoms with Crippen molar-refractivity contribution in [2.24, 2.45) is 5.73 Å². The molecule has 0 aliphatic heterocycles. The summed E-state index contributed by atoms with van der Waals surface area (Å²) in [5.74, 6) is -0.147. The minimum Gasteiger partial charge on any atom is -0.445 e. The van der Waals surface area contributed by atoms with E-state index >= 15 is 0 Å². The number of nitrogens with one attached hydrogen (secondary N) is 2. The highest BCUT2D eigenvalue weighted by atomic mass is 16.5.